The minimum atomic E-state index is -0.424. The van der Waals surface area contributed by atoms with E-state index in [1.807, 2.05) is 0 Å². The van der Waals surface area contributed by atoms with Crippen LogP contribution < -0.4 is 0 Å². The van der Waals surface area contributed by atoms with Crippen molar-refractivity contribution in [1.82, 2.24) is 0 Å². The van der Waals surface area contributed by atoms with E-state index < -0.39 is 6.29 Å². The van der Waals surface area contributed by atoms with E-state index in [9.17, 15) is 4.79 Å². The van der Waals surface area contributed by atoms with Gasteiger partial charge in [0.1, 0.15) is 0 Å². The molecular formula is C6H14O3. The van der Waals surface area contributed by atoms with Crippen molar-refractivity contribution >= 4 is 5.97 Å². The fourth-order valence-corrected chi connectivity index (χ4v) is 0.282. The maximum atomic E-state index is 10.1. The maximum absolute atomic E-state index is 10.1. The number of rotatable bonds is 2. The molecule has 9 heavy (non-hydrogen) atoms. The van der Waals surface area contributed by atoms with Gasteiger partial charge in [-0.2, -0.15) is 0 Å². The Labute approximate surface area is 56.0 Å². The lowest BCUT2D eigenvalue weighted by atomic mass is 10.7. The van der Waals surface area contributed by atoms with Crippen molar-refractivity contribution in [3.05, 3.63) is 0 Å². The molecule has 0 saturated carbocycles. The van der Waals surface area contributed by atoms with Crippen LogP contribution in [0.1, 0.15) is 21.3 Å². The van der Waals surface area contributed by atoms with Gasteiger partial charge < -0.3 is 9.47 Å². The van der Waals surface area contributed by atoms with Crippen LogP contribution in [0.3, 0.4) is 0 Å². The zero-order valence-electron chi connectivity index (χ0n) is 5.30. The number of methoxy groups -OCH3 is 1. The van der Waals surface area contributed by atoms with E-state index in [-0.39, 0.29) is 13.4 Å². The molecule has 0 N–H and O–H groups in total. The Morgan fingerprint density at radius 2 is 2.00 bits per heavy atom. The second-order valence-electron chi connectivity index (χ2n) is 1.41. The summed E-state index contributed by atoms with van der Waals surface area (Å²) in [5.74, 6) is -0.320. The van der Waals surface area contributed by atoms with Gasteiger partial charge in [0.05, 0.1) is 0 Å². The zero-order valence-corrected chi connectivity index (χ0v) is 5.30. The van der Waals surface area contributed by atoms with E-state index in [0.29, 0.717) is 0 Å². The lowest BCUT2D eigenvalue weighted by Crippen LogP contribution is -2.13. The third-order valence-corrected chi connectivity index (χ3v) is 0.664. The van der Waals surface area contributed by atoms with Gasteiger partial charge in [0.25, 0.3) is 0 Å². The largest absolute Gasteiger partial charge is 0.436 e. The molecule has 0 spiro atoms. The molecule has 0 radical (unpaired) electrons. The molecule has 1 unspecified atom stereocenters. The van der Waals surface area contributed by atoms with Crippen LogP contribution in [0.15, 0.2) is 0 Å². The van der Waals surface area contributed by atoms with Gasteiger partial charge in [-0.1, -0.05) is 7.43 Å². The van der Waals surface area contributed by atoms with Crippen molar-refractivity contribution in [1.29, 1.82) is 0 Å². The molecule has 0 bridgehead atoms. The van der Waals surface area contributed by atoms with Gasteiger partial charge in [-0.05, 0) is 6.92 Å². The lowest BCUT2D eigenvalue weighted by Gasteiger charge is -2.07. The Morgan fingerprint density at radius 1 is 1.56 bits per heavy atom. The summed E-state index contributed by atoms with van der Waals surface area (Å²) in [5, 5.41) is 0. The quantitative estimate of drug-likeness (QED) is 0.420. The van der Waals surface area contributed by atoms with Crippen LogP contribution in [0.5, 0.6) is 0 Å². The molecule has 0 aromatic carbocycles. The maximum Gasteiger partial charge on any atom is 0.304 e. The van der Waals surface area contributed by atoms with Crippen molar-refractivity contribution in [3.63, 3.8) is 0 Å². The van der Waals surface area contributed by atoms with E-state index in [1.54, 1.807) is 6.92 Å². The van der Waals surface area contributed by atoms with Crippen molar-refractivity contribution < 1.29 is 14.3 Å². The van der Waals surface area contributed by atoms with Crippen LogP contribution in [0.2, 0.25) is 0 Å². The third-order valence-electron chi connectivity index (χ3n) is 0.664. The van der Waals surface area contributed by atoms with Crippen molar-refractivity contribution in [2.75, 3.05) is 7.11 Å². The van der Waals surface area contributed by atoms with E-state index in [4.69, 9.17) is 0 Å². The fourth-order valence-electron chi connectivity index (χ4n) is 0.282. The first-order valence-corrected chi connectivity index (χ1v) is 2.37. The third kappa shape index (κ3) is 7.43. The van der Waals surface area contributed by atoms with Gasteiger partial charge in [0.2, 0.25) is 0 Å². The van der Waals surface area contributed by atoms with Gasteiger partial charge in [0.15, 0.2) is 6.29 Å². The summed E-state index contributed by atoms with van der Waals surface area (Å²) in [5.41, 5.74) is 0. The average Bonchev–Trinajstić information content (AvgIpc) is 1.65. The fraction of sp³-hybridized carbons (Fsp3) is 0.833. The molecule has 0 heterocycles. The number of esters is 1. The van der Waals surface area contributed by atoms with E-state index in [2.05, 4.69) is 9.47 Å². The summed E-state index contributed by atoms with van der Waals surface area (Å²) in [4.78, 5) is 10.1. The highest BCUT2D eigenvalue weighted by molar-refractivity contribution is 5.65. The molecule has 0 amide bonds. The second-order valence-corrected chi connectivity index (χ2v) is 1.41. The van der Waals surface area contributed by atoms with Crippen LogP contribution in [-0.2, 0) is 14.3 Å². The Bertz CT molecular complexity index is 80.4. The Hall–Kier alpha value is -0.570. The van der Waals surface area contributed by atoms with Crippen LogP contribution in [-0.4, -0.2) is 19.4 Å². The summed E-state index contributed by atoms with van der Waals surface area (Å²) >= 11 is 0. The highest BCUT2D eigenvalue weighted by atomic mass is 16.7. The van der Waals surface area contributed by atoms with E-state index >= 15 is 0 Å². The predicted molar refractivity (Wildman–Crippen MR) is 35.0 cm³/mol. The molecule has 0 aromatic rings. The number of ether oxygens (including phenoxy) is 2. The smallest absolute Gasteiger partial charge is 0.304 e. The first-order chi connectivity index (χ1) is 3.66. The number of hydrogen-bond acceptors (Lipinski definition) is 3. The molecule has 3 nitrogen and oxygen atoms in total. The summed E-state index contributed by atoms with van der Waals surface area (Å²) < 4.78 is 9.16. The molecule has 56 valence electrons. The van der Waals surface area contributed by atoms with Crippen LogP contribution in [0.4, 0.5) is 0 Å². The normalized spacial score (nSPS) is 11.4. The van der Waals surface area contributed by atoms with Gasteiger partial charge in [-0.25, -0.2) is 0 Å². The SMILES string of the molecule is C.COC(C)OC(C)=O. The Kier molecular flexibility index (Phi) is 6.96. The minimum absolute atomic E-state index is 0. The molecule has 0 fully saturated rings. The number of carbonyl (C=O) groups excluding carboxylic acids is 1. The topological polar surface area (TPSA) is 35.5 Å². The molecule has 0 aliphatic rings. The van der Waals surface area contributed by atoms with Gasteiger partial charge in [0, 0.05) is 14.0 Å². The van der Waals surface area contributed by atoms with Gasteiger partial charge in [-0.3, -0.25) is 4.79 Å². The van der Waals surface area contributed by atoms with Gasteiger partial charge >= 0.3 is 5.97 Å². The molecule has 0 aliphatic heterocycles. The molecule has 1 atom stereocenters. The first-order valence-electron chi connectivity index (χ1n) is 2.37. The van der Waals surface area contributed by atoms with Crippen molar-refractivity contribution in [2.45, 2.75) is 27.6 Å². The summed E-state index contributed by atoms with van der Waals surface area (Å²) in [7, 11) is 1.48. The second kappa shape index (κ2) is 5.56. The average molecular weight is 134 g/mol. The van der Waals surface area contributed by atoms with E-state index in [1.165, 1.54) is 14.0 Å². The highest BCUT2D eigenvalue weighted by Crippen LogP contribution is 1.89. The minimum Gasteiger partial charge on any atom is -0.436 e. The standard InChI is InChI=1S/C5H10O3.CH4/c1-4(6)8-5(2)7-3;/h5H,1-3H3;1H4. The highest BCUT2D eigenvalue weighted by Gasteiger charge is 1.99. The molecule has 0 rings (SSSR count). The summed E-state index contributed by atoms with van der Waals surface area (Å²) in [6, 6.07) is 0. The van der Waals surface area contributed by atoms with Gasteiger partial charge in [-0.15, -0.1) is 0 Å². The van der Waals surface area contributed by atoms with Crippen molar-refractivity contribution in [2.24, 2.45) is 0 Å². The van der Waals surface area contributed by atoms with Crippen LogP contribution in [0.25, 0.3) is 0 Å². The molecule has 0 saturated heterocycles. The monoisotopic (exact) mass is 134 g/mol. The predicted octanol–water partition coefficient (Wildman–Crippen LogP) is 1.18. The van der Waals surface area contributed by atoms with Crippen LogP contribution in [0, 0.1) is 0 Å². The Balaban J connectivity index is 0. The van der Waals surface area contributed by atoms with Crippen molar-refractivity contribution in [3.8, 4) is 0 Å². The van der Waals surface area contributed by atoms with E-state index in [0.717, 1.165) is 0 Å². The summed E-state index contributed by atoms with van der Waals surface area (Å²) in [6.07, 6.45) is -0.424. The number of hydrogen-bond donors (Lipinski definition) is 0. The Morgan fingerprint density at radius 3 is 2.11 bits per heavy atom. The zero-order chi connectivity index (χ0) is 6.57. The molecular weight excluding hydrogens is 120 g/mol. The molecule has 3 heteroatoms. The first kappa shape index (κ1) is 11.3. The summed E-state index contributed by atoms with van der Waals surface area (Å²) in [6.45, 7) is 3.00. The van der Waals surface area contributed by atoms with Crippen LogP contribution >= 0.6 is 0 Å². The number of carbonyl (C=O) groups is 1. The molecule has 0 aromatic heterocycles. The molecule has 0 aliphatic carbocycles. The lowest BCUT2D eigenvalue weighted by molar-refractivity contribution is -0.166.